The first-order valence-corrected chi connectivity index (χ1v) is 7.23. The molecule has 7 nitrogen and oxygen atoms in total. The first-order chi connectivity index (χ1) is 8.84. The van der Waals surface area contributed by atoms with Crippen LogP contribution in [0.15, 0.2) is 17.3 Å². The summed E-state index contributed by atoms with van der Waals surface area (Å²) in [6.45, 7) is 3.64. The van der Waals surface area contributed by atoms with Crippen LogP contribution in [-0.4, -0.2) is 39.5 Å². The molecule has 19 heavy (non-hydrogen) atoms. The van der Waals surface area contributed by atoms with Crippen LogP contribution in [0.4, 0.5) is 0 Å². The summed E-state index contributed by atoms with van der Waals surface area (Å²) in [7, 11) is -0.304. The minimum Gasteiger partial charge on any atom is -0.347 e. The van der Waals surface area contributed by atoms with Crippen LogP contribution < -0.4 is 0 Å². The summed E-state index contributed by atoms with van der Waals surface area (Å²) < 4.78 is 27.9. The van der Waals surface area contributed by atoms with Gasteiger partial charge in [-0.15, -0.1) is 0 Å². The van der Waals surface area contributed by atoms with Gasteiger partial charge in [0.15, 0.2) is 0 Å². The highest BCUT2D eigenvalue weighted by molar-refractivity contribution is 7.89. The first kappa shape index (κ1) is 13.8. The molecule has 0 spiro atoms. The molecule has 0 amide bonds. The van der Waals surface area contributed by atoms with Crippen molar-refractivity contribution in [2.24, 2.45) is 7.05 Å². The lowest BCUT2D eigenvalue weighted by molar-refractivity contribution is 0.457. The molecule has 0 fully saturated rings. The minimum atomic E-state index is -3.57. The number of aryl methyl sites for hydroxylation is 2. The number of rotatable bonds is 4. The van der Waals surface area contributed by atoms with Crippen molar-refractivity contribution >= 4 is 10.0 Å². The van der Waals surface area contributed by atoms with Crippen molar-refractivity contribution in [3.63, 3.8) is 0 Å². The third-order valence-corrected chi connectivity index (χ3v) is 5.09. The zero-order valence-corrected chi connectivity index (χ0v) is 12.2. The molecule has 0 saturated carbocycles. The van der Waals surface area contributed by atoms with Crippen molar-refractivity contribution in [3.8, 4) is 0 Å². The van der Waals surface area contributed by atoms with Gasteiger partial charge in [0.2, 0.25) is 10.0 Å². The molecule has 0 aromatic carbocycles. The molecule has 2 rings (SSSR count). The van der Waals surface area contributed by atoms with Gasteiger partial charge >= 0.3 is 0 Å². The van der Waals surface area contributed by atoms with Crippen molar-refractivity contribution < 1.29 is 8.42 Å². The van der Waals surface area contributed by atoms with Gasteiger partial charge in [-0.1, -0.05) is 0 Å². The molecule has 0 aliphatic rings. The van der Waals surface area contributed by atoms with Gasteiger partial charge < -0.3 is 4.98 Å². The van der Waals surface area contributed by atoms with Gasteiger partial charge in [0.1, 0.15) is 10.7 Å². The summed E-state index contributed by atoms with van der Waals surface area (Å²) in [5.41, 5.74) is 1.13. The van der Waals surface area contributed by atoms with Crippen LogP contribution >= 0.6 is 0 Å². The number of hydrogen-bond donors (Lipinski definition) is 1. The smallest absolute Gasteiger partial charge is 0.246 e. The van der Waals surface area contributed by atoms with Gasteiger partial charge in [-0.2, -0.15) is 9.40 Å². The molecule has 0 bridgehead atoms. The Bertz CT molecular complexity index is 672. The van der Waals surface area contributed by atoms with Crippen molar-refractivity contribution in [2.45, 2.75) is 25.3 Å². The van der Waals surface area contributed by atoms with Gasteiger partial charge in [-0.05, 0) is 13.8 Å². The number of nitrogens with one attached hydrogen (secondary N) is 1. The van der Waals surface area contributed by atoms with Crippen LogP contribution in [0.25, 0.3) is 0 Å². The molecule has 2 heterocycles. The zero-order chi connectivity index (χ0) is 14.2. The molecule has 0 saturated heterocycles. The maximum absolute atomic E-state index is 12.5. The Morgan fingerprint density at radius 1 is 1.42 bits per heavy atom. The van der Waals surface area contributed by atoms with E-state index < -0.39 is 10.0 Å². The molecule has 0 unspecified atom stereocenters. The largest absolute Gasteiger partial charge is 0.347 e. The Kier molecular flexibility index (Phi) is 3.46. The molecular weight excluding hydrogens is 266 g/mol. The Morgan fingerprint density at radius 3 is 2.58 bits per heavy atom. The van der Waals surface area contributed by atoms with Crippen LogP contribution in [0.2, 0.25) is 0 Å². The van der Waals surface area contributed by atoms with E-state index in [9.17, 15) is 8.42 Å². The van der Waals surface area contributed by atoms with E-state index in [2.05, 4.69) is 15.1 Å². The number of sulfonamides is 1. The van der Waals surface area contributed by atoms with E-state index in [-0.39, 0.29) is 11.4 Å². The third-order valence-electron chi connectivity index (χ3n) is 3.04. The summed E-state index contributed by atoms with van der Waals surface area (Å²) in [6, 6.07) is 0. The normalized spacial score (nSPS) is 12.3. The molecule has 0 radical (unpaired) electrons. The van der Waals surface area contributed by atoms with E-state index in [4.69, 9.17) is 0 Å². The summed E-state index contributed by atoms with van der Waals surface area (Å²) in [5, 5.41) is 4.14. The lowest BCUT2D eigenvalue weighted by Gasteiger charge is -2.16. The molecular formula is C11H17N5O2S. The number of imidazole rings is 1. The monoisotopic (exact) mass is 283 g/mol. The Balaban J connectivity index is 2.36. The third kappa shape index (κ3) is 2.41. The fourth-order valence-electron chi connectivity index (χ4n) is 1.96. The highest BCUT2D eigenvalue weighted by Gasteiger charge is 2.28. The molecule has 2 aromatic heterocycles. The lowest BCUT2D eigenvalue weighted by Crippen LogP contribution is -2.27. The van der Waals surface area contributed by atoms with E-state index in [0.717, 1.165) is 0 Å². The SMILES string of the molecule is Cc1nn(C)c(C)c1S(=O)(=O)N(C)Cc1ncc[nH]1. The summed E-state index contributed by atoms with van der Waals surface area (Å²) in [4.78, 5) is 7.19. The van der Waals surface area contributed by atoms with Crippen LogP contribution in [0.5, 0.6) is 0 Å². The Labute approximate surface area is 112 Å². The predicted octanol–water partition coefficient (Wildman–Crippen LogP) is 0.581. The number of aromatic nitrogens is 4. The second-order valence-electron chi connectivity index (χ2n) is 4.42. The summed E-state index contributed by atoms with van der Waals surface area (Å²) in [6.07, 6.45) is 3.26. The van der Waals surface area contributed by atoms with E-state index >= 15 is 0 Å². The fraction of sp³-hybridized carbons (Fsp3) is 0.455. The molecule has 1 N–H and O–H groups in total. The summed E-state index contributed by atoms with van der Waals surface area (Å²) >= 11 is 0. The van der Waals surface area contributed by atoms with Crippen molar-refractivity contribution in [2.75, 3.05) is 7.05 Å². The van der Waals surface area contributed by atoms with Gasteiger partial charge in [0, 0.05) is 26.5 Å². The highest BCUT2D eigenvalue weighted by Crippen LogP contribution is 2.22. The minimum absolute atomic E-state index is 0.198. The van der Waals surface area contributed by atoms with Gasteiger partial charge in [0.25, 0.3) is 0 Å². The quantitative estimate of drug-likeness (QED) is 0.889. The number of hydrogen-bond acceptors (Lipinski definition) is 4. The van der Waals surface area contributed by atoms with Crippen molar-refractivity contribution in [1.82, 2.24) is 24.1 Å². The molecule has 0 aliphatic carbocycles. The maximum Gasteiger partial charge on any atom is 0.246 e. The Morgan fingerprint density at radius 2 is 2.11 bits per heavy atom. The number of nitrogens with zero attached hydrogens (tertiary/aromatic N) is 4. The van der Waals surface area contributed by atoms with Gasteiger partial charge in [-0.3, -0.25) is 4.68 Å². The van der Waals surface area contributed by atoms with E-state index in [0.29, 0.717) is 17.2 Å². The second kappa shape index (κ2) is 4.78. The lowest BCUT2D eigenvalue weighted by atomic mass is 10.4. The topological polar surface area (TPSA) is 83.9 Å². The van der Waals surface area contributed by atoms with Crippen LogP contribution in [0.3, 0.4) is 0 Å². The molecule has 0 aliphatic heterocycles. The van der Waals surface area contributed by atoms with E-state index in [1.54, 1.807) is 38.0 Å². The molecule has 0 atom stereocenters. The van der Waals surface area contributed by atoms with E-state index in [1.807, 2.05) is 0 Å². The molecule has 2 aromatic rings. The van der Waals surface area contributed by atoms with Crippen molar-refractivity contribution in [1.29, 1.82) is 0 Å². The average molecular weight is 283 g/mol. The van der Waals surface area contributed by atoms with Crippen molar-refractivity contribution in [3.05, 3.63) is 29.6 Å². The number of aromatic amines is 1. The Hall–Kier alpha value is -1.67. The second-order valence-corrected chi connectivity index (χ2v) is 6.40. The van der Waals surface area contributed by atoms with Crippen LogP contribution in [0.1, 0.15) is 17.2 Å². The van der Waals surface area contributed by atoms with Crippen LogP contribution in [-0.2, 0) is 23.6 Å². The highest BCUT2D eigenvalue weighted by atomic mass is 32.2. The predicted molar refractivity (Wildman–Crippen MR) is 69.9 cm³/mol. The fourth-order valence-corrected chi connectivity index (χ4v) is 3.49. The maximum atomic E-state index is 12.5. The molecule has 104 valence electrons. The van der Waals surface area contributed by atoms with Gasteiger partial charge in [0.05, 0.1) is 17.9 Å². The standard InChI is InChI=1S/C11H17N5O2S/c1-8-11(9(2)16(4)14-8)19(17,18)15(3)7-10-12-5-6-13-10/h5-6H,7H2,1-4H3,(H,12,13). The van der Waals surface area contributed by atoms with Gasteiger partial charge in [-0.25, -0.2) is 13.4 Å². The number of H-pyrrole nitrogens is 1. The first-order valence-electron chi connectivity index (χ1n) is 5.79. The zero-order valence-electron chi connectivity index (χ0n) is 11.4. The van der Waals surface area contributed by atoms with E-state index in [1.165, 1.54) is 11.4 Å². The molecule has 8 heteroatoms. The average Bonchev–Trinajstić information content (AvgIpc) is 2.88. The van der Waals surface area contributed by atoms with Crippen LogP contribution in [0, 0.1) is 13.8 Å². The summed E-state index contributed by atoms with van der Waals surface area (Å²) in [5.74, 6) is 0.602.